The minimum atomic E-state index is -3.06. The Balaban J connectivity index is 2.68. The third-order valence-electron chi connectivity index (χ3n) is 2.27. The van der Waals surface area contributed by atoms with Crippen molar-refractivity contribution in [1.29, 1.82) is 0 Å². The molecule has 0 aromatic heterocycles. The van der Waals surface area contributed by atoms with Gasteiger partial charge in [-0.2, -0.15) is 0 Å². The Kier molecular flexibility index (Phi) is 4.46. The van der Waals surface area contributed by atoms with E-state index in [1.54, 1.807) is 24.3 Å². The van der Waals surface area contributed by atoms with Gasteiger partial charge >= 0.3 is 5.97 Å². The van der Waals surface area contributed by atoms with Gasteiger partial charge in [-0.25, -0.2) is 0 Å². The maximum atomic E-state index is 11.2. The van der Waals surface area contributed by atoms with Gasteiger partial charge in [-0.15, -0.1) is 0 Å². The van der Waals surface area contributed by atoms with Crippen LogP contribution in [0.15, 0.2) is 24.3 Å². The van der Waals surface area contributed by atoms with Gasteiger partial charge < -0.3 is 15.7 Å². The zero-order valence-electron chi connectivity index (χ0n) is 9.54. The summed E-state index contributed by atoms with van der Waals surface area (Å²) in [7, 11) is -3.06. The third-order valence-corrected chi connectivity index (χ3v) is 3.22. The van der Waals surface area contributed by atoms with Crippen molar-refractivity contribution in [2.75, 3.05) is 6.66 Å². The van der Waals surface area contributed by atoms with Crippen molar-refractivity contribution in [2.24, 2.45) is 5.73 Å². The zero-order valence-corrected chi connectivity index (χ0v) is 10.4. The van der Waals surface area contributed by atoms with E-state index in [1.165, 1.54) is 6.66 Å². The van der Waals surface area contributed by atoms with Crippen LogP contribution in [0, 0.1) is 0 Å². The van der Waals surface area contributed by atoms with E-state index in [4.69, 9.17) is 10.8 Å². The van der Waals surface area contributed by atoms with E-state index in [9.17, 15) is 14.3 Å². The highest BCUT2D eigenvalue weighted by molar-refractivity contribution is 7.56. The van der Waals surface area contributed by atoms with Crippen molar-refractivity contribution in [3.8, 4) is 0 Å². The molecule has 0 aliphatic heterocycles. The molecule has 0 aliphatic rings. The van der Waals surface area contributed by atoms with Crippen LogP contribution < -0.4 is 5.73 Å². The van der Waals surface area contributed by atoms with Crippen LogP contribution in [0.2, 0.25) is 0 Å². The van der Waals surface area contributed by atoms with E-state index in [0.29, 0.717) is 0 Å². The molecule has 4 N–H and O–H groups in total. The predicted molar refractivity (Wildman–Crippen MR) is 65.2 cm³/mol. The van der Waals surface area contributed by atoms with Gasteiger partial charge in [-0.05, 0) is 17.5 Å². The molecule has 0 radical (unpaired) electrons. The normalized spacial score (nSPS) is 16.2. The van der Waals surface area contributed by atoms with Crippen molar-refractivity contribution in [2.45, 2.75) is 18.6 Å². The maximum Gasteiger partial charge on any atom is 0.320 e. The first-order valence-electron chi connectivity index (χ1n) is 5.13. The highest BCUT2D eigenvalue weighted by Crippen LogP contribution is 2.39. The van der Waals surface area contributed by atoms with Gasteiger partial charge in [0.1, 0.15) is 6.04 Å². The molecule has 2 atom stereocenters. The first-order valence-corrected chi connectivity index (χ1v) is 7.42. The molecule has 0 amide bonds. The SMILES string of the molecule is CP(=O)(O)Cc1ccc(C[C@H](N)C(=O)O)cc1. The molecule has 0 fully saturated rings. The quantitative estimate of drug-likeness (QED) is 0.684. The molecule has 0 spiro atoms. The molecular formula is C11H16NO4P. The molecule has 0 saturated carbocycles. The van der Waals surface area contributed by atoms with Crippen molar-refractivity contribution >= 4 is 13.3 Å². The molecule has 5 nitrogen and oxygen atoms in total. The summed E-state index contributed by atoms with van der Waals surface area (Å²) >= 11 is 0. The molecule has 6 heteroatoms. The number of aliphatic carboxylic acids is 1. The highest BCUT2D eigenvalue weighted by atomic mass is 31.2. The number of rotatable bonds is 5. The van der Waals surface area contributed by atoms with Crippen LogP contribution in [0.3, 0.4) is 0 Å². The number of benzene rings is 1. The number of hydrogen-bond donors (Lipinski definition) is 3. The van der Waals surface area contributed by atoms with Crippen molar-refractivity contribution in [1.82, 2.24) is 0 Å². The van der Waals surface area contributed by atoms with Crippen LogP contribution in [0.25, 0.3) is 0 Å². The number of hydrogen-bond acceptors (Lipinski definition) is 3. The van der Waals surface area contributed by atoms with Crippen LogP contribution in [0.4, 0.5) is 0 Å². The summed E-state index contributed by atoms with van der Waals surface area (Å²) < 4.78 is 11.2. The molecule has 0 bridgehead atoms. The summed E-state index contributed by atoms with van der Waals surface area (Å²) in [5.74, 6) is -1.04. The second kappa shape index (κ2) is 5.45. The molecule has 1 rings (SSSR count). The van der Waals surface area contributed by atoms with Crippen LogP contribution in [-0.2, 0) is 21.9 Å². The maximum absolute atomic E-state index is 11.2. The van der Waals surface area contributed by atoms with Crippen LogP contribution >= 0.6 is 7.37 Å². The topological polar surface area (TPSA) is 101 Å². The largest absolute Gasteiger partial charge is 0.480 e. The standard InChI is InChI=1S/C11H16NO4P/c1-17(15,16)7-9-4-2-8(3-5-9)6-10(12)11(13)14/h2-5,10H,6-7,12H2,1H3,(H,13,14)(H,15,16)/t10-/m0/s1. The summed E-state index contributed by atoms with van der Waals surface area (Å²) in [6.07, 6.45) is 0.372. The Labute approximate surface area is 99.7 Å². The lowest BCUT2D eigenvalue weighted by Crippen LogP contribution is -2.32. The minimum Gasteiger partial charge on any atom is -0.480 e. The minimum absolute atomic E-state index is 0.123. The average Bonchev–Trinajstić information content (AvgIpc) is 2.18. The summed E-state index contributed by atoms with van der Waals surface area (Å²) in [5.41, 5.74) is 6.96. The van der Waals surface area contributed by atoms with Crippen LogP contribution in [0.1, 0.15) is 11.1 Å². The smallest absolute Gasteiger partial charge is 0.320 e. The van der Waals surface area contributed by atoms with Gasteiger partial charge in [0.15, 0.2) is 0 Å². The van der Waals surface area contributed by atoms with E-state index in [0.717, 1.165) is 11.1 Å². The van der Waals surface area contributed by atoms with E-state index < -0.39 is 19.4 Å². The van der Waals surface area contributed by atoms with Crippen LogP contribution in [-0.4, -0.2) is 28.7 Å². The van der Waals surface area contributed by atoms with Crippen molar-refractivity contribution < 1.29 is 19.4 Å². The lowest BCUT2D eigenvalue weighted by Gasteiger charge is -2.08. The van der Waals surface area contributed by atoms with E-state index in [-0.39, 0.29) is 12.6 Å². The molecule has 94 valence electrons. The second-order valence-corrected chi connectivity index (χ2v) is 6.59. The van der Waals surface area contributed by atoms with Crippen LogP contribution in [0.5, 0.6) is 0 Å². The Bertz CT molecular complexity index is 437. The van der Waals surface area contributed by atoms with Gasteiger partial charge in [0.25, 0.3) is 0 Å². The molecule has 1 aromatic rings. The molecule has 0 heterocycles. The van der Waals surface area contributed by atoms with Crippen molar-refractivity contribution in [3.63, 3.8) is 0 Å². The summed E-state index contributed by atoms with van der Waals surface area (Å²) in [4.78, 5) is 19.8. The molecule has 1 aromatic carbocycles. The van der Waals surface area contributed by atoms with Gasteiger partial charge in [-0.1, -0.05) is 24.3 Å². The zero-order chi connectivity index (χ0) is 13.1. The van der Waals surface area contributed by atoms with Gasteiger partial charge in [-0.3, -0.25) is 9.36 Å². The van der Waals surface area contributed by atoms with Gasteiger partial charge in [0.05, 0.1) is 0 Å². The lowest BCUT2D eigenvalue weighted by atomic mass is 10.1. The molecule has 1 unspecified atom stereocenters. The lowest BCUT2D eigenvalue weighted by molar-refractivity contribution is -0.138. The summed E-state index contributed by atoms with van der Waals surface area (Å²) in [6.45, 7) is 1.31. The Morgan fingerprint density at radius 3 is 2.24 bits per heavy atom. The molecule has 0 saturated heterocycles. The summed E-state index contributed by atoms with van der Waals surface area (Å²) in [6, 6.07) is 5.98. The fourth-order valence-electron chi connectivity index (χ4n) is 1.46. The van der Waals surface area contributed by atoms with Crippen molar-refractivity contribution in [3.05, 3.63) is 35.4 Å². The molecular weight excluding hydrogens is 241 g/mol. The monoisotopic (exact) mass is 257 g/mol. The molecule has 0 aliphatic carbocycles. The Morgan fingerprint density at radius 2 is 1.82 bits per heavy atom. The highest BCUT2D eigenvalue weighted by Gasteiger charge is 2.13. The van der Waals surface area contributed by atoms with E-state index in [2.05, 4.69) is 0 Å². The first kappa shape index (κ1) is 13.9. The fraction of sp³-hybridized carbons (Fsp3) is 0.364. The average molecular weight is 257 g/mol. The number of carboxylic acid groups (broad SMARTS) is 1. The Hall–Kier alpha value is -1.16. The molecule has 17 heavy (non-hydrogen) atoms. The second-order valence-electron chi connectivity index (χ2n) is 4.17. The number of carboxylic acids is 1. The number of carbonyl (C=O) groups is 1. The van der Waals surface area contributed by atoms with Gasteiger partial charge in [0.2, 0.25) is 7.37 Å². The predicted octanol–water partition coefficient (Wildman–Crippen LogP) is 1.04. The third kappa shape index (κ3) is 5.13. The Morgan fingerprint density at radius 1 is 1.35 bits per heavy atom. The van der Waals surface area contributed by atoms with E-state index >= 15 is 0 Å². The fourth-order valence-corrected chi connectivity index (χ4v) is 2.35. The van der Waals surface area contributed by atoms with E-state index in [1.807, 2.05) is 0 Å². The number of nitrogens with two attached hydrogens (primary N) is 1. The first-order chi connectivity index (χ1) is 7.78. The summed E-state index contributed by atoms with van der Waals surface area (Å²) in [5, 5.41) is 8.66. The van der Waals surface area contributed by atoms with Gasteiger partial charge in [0, 0.05) is 12.8 Å².